The van der Waals surface area contributed by atoms with E-state index in [1.165, 1.54) is 25.7 Å². The van der Waals surface area contributed by atoms with Gasteiger partial charge in [0.2, 0.25) is 5.91 Å². The summed E-state index contributed by atoms with van der Waals surface area (Å²) in [7, 11) is 1.67. The Morgan fingerprint density at radius 1 is 1.21 bits per heavy atom. The second-order valence-corrected chi connectivity index (χ2v) is 7.27. The van der Waals surface area contributed by atoms with Crippen molar-refractivity contribution < 1.29 is 9.53 Å². The van der Waals surface area contributed by atoms with Crippen LogP contribution in [0.1, 0.15) is 45.4 Å². The summed E-state index contributed by atoms with van der Waals surface area (Å²) in [5.41, 5.74) is 1.01. The number of hydrogen-bond acceptors (Lipinski definition) is 3. The minimum Gasteiger partial charge on any atom is -0.497 e. The summed E-state index contributed by atoms with van der Waals surface area (Å²) in [6, 6.07) is 8.21. The standard InChI is InChI=1S/C20H30N2O2/c1-15(17-4-5-17)22(18-6-8-19(24-2)9-7-18)20(23)10-3-16-11-13-21-14-12-16/h6-9,15-17,21H,3-5,10-14H2,1-2H3. The fourth-order valence-corrected chi connectivity index (χ4v) is 3.76. The minimum absolute atomic E-state index is 0.276. The Morgan fingerprint density at radius 3 is 2.46 bits per heavy atom. The number of benzene rings is 1. The van der Waals surface area contributed by atoms with Crippen LogP contribution in [0.3, 0.4) is 0 Å². The minimum atomic E-state index is 0.276. The Bertz CT molecular complexity index is 533. The predicted octanol–water partition coefficient (Wildman–Crippen LogP) is 3.61. The summed E-state index contributed by atoms with van der Waals surface area (Å²) >= 11 is 0. The van der Waals surface area contributed by atoms with Crippen LogP contribution in [-0.2, 0) is 4.79 Å². The van der Waals surface area contributed by atoms with Gasteiger partial charge in [0, 0.05) is 18.2 Å². The zero-order valence-corrected chi connectivity index (χ0v) is 15.0. The first-order valence-electron chi connectivity index (χ1n) is 9.36. The maximum atomic E-state index is 13.0. The third-order valence-electron chi connectivity index (χ3n) is 5.56. The molecule has 1 saturated carbocycles. The summed E-state index contributed by atoms with van der Waals surface area (Å²) < 4.78 is 5.25. The van der Waals surface area contributed by atoms with Crippen molar-refractivity contribution in [3.63, 3.8) is 0 Å². The second-order valence-electron chi connectivity index (χ2n) is 7.27. The van der Waals surface area contributed by atoms with E-state index in [-0.39, 0.29) is 5.91 Å². The average Bonchev–Trinajstić information content (AvgIpc) is 3.47. The van der Waals surface area contributed by atoms with Gasteiger partial charge in [-0.2, -0.15) is 0 Å². The van der Waals surface area contributed by atoms with Gasteiger partial charge in [0.05, 0.1) is 7.11 Å². The van der Waals surface area contributed by atoms with Gasteiger partial charge in [-0.3, -0.25) is 4.79 Å². The molecule has 0 aromatic heterocycles. The topological polar surface area (TPSA) is 41.6 Å². The number of anilines is 1. The molecule has 1 atom stereocenters. The summed E-state index contributed by atoms with van der Waals surface area (Å²) in [4.78, 5) is 15.0. The van der Waals surface area contributed by atoms with E-state index in [1.807, 2.05) is 29.2 Å². The first-order valence-corrected chi connectivity index (χ1v) is 9.36. The van der Waals surface area contributed by atoms with E-state index in [0.717, 1.165) is 30.9 Å². The number of amides is 1. The molecule has 2 fully saturated rings. The molecule has 1 aromatic rings. The Hall–Kier alpha value is -1.55. The van der Waals surface area contributed by atoms with Crippen LogP contribution in [0.4, 0.5) is 5.69 Å². The van der Waals surface area contributed by atoms with Gasteiger partial charge in [0.25, 0.3) is 0 Å². The summed E-state index contributed by atoms with van der Waals surface area (Å²) in [5, 5.41) is 3.40. The molecule has 4 nitrogen and oxygen atoms in total. The van der Waals surface area contributed by atoms with E-state index < -0.39 is 0 Å². The van der Waals surface area contributed by atoms with Gasteiger partial charge < -0.3 is 15.0 Å². The monoisotopic (exact) mass is 330 g/mol. The van der Waals surface area contributed by atoms with E-state index in [0.29, 0.717) is 24.3 Å². The molecule has 2 aliphatic rings. The van der Waals surface area contributed by atoms with E-state index in [9.17, 15) is 4.79 Å². The van der Waals surface area contributed by atoms with E-state index in [1.54, 1.807) is 7.11 Å². The molecule has 4 heteroatoms. The lowest BCUT2D eigenvalue weighted by Crippen LogP contribution is -2.40. The van der Waals surface area contributed by atoms with Gasteiger partial charge >= 0.3 is 0 Å². The van der Waals surface area contributed by atoms with Crippen LogP contribution in [0, 0.1) is 11.8 Å². The van der Waals surface area contributed by atoms with Gasteiger partial charge in [-0.25, -0.2) is 0 Å². The van der Waals surface area contributed by atoms with Gasteiger partial charge in [-0.1, -0.05) is 0 Å². The van der Waals surface area contributed by atoms with Crippen molar-refractivity contribution in [2.45, 2.75) is 51.5 Å². The van der Waals surface area contributed by atoms with Crippen molar-refractivity contribution in [3.05, 3.63) is 24.3 Å². The maximum Gasteiger partial charge on any atom is 0.227 e. The number of ether oxygens (including phenoxy) is 1. The summed E-state index contributed by atoms with van der Waals surface area (Å²) in [6.45, 7) is 4.39. The lowest BCUT2D eigenvalue weighted by Gasteiger charge is -2.31. The van der Waals surface area contributed by atoms with Gasteiger partial charge in [0.1, 0.15) is 5.75 Å². The molecule has 1 aliphatic heterocycles. The largest absolute Gasteiger partial charge is 0.497 e. The number of methoxy groups -OCH3 is 1. The molecule has 132 valence electrons. The quantitative estimate of drug-likeness (QED) is 0.830. The number of nitrogens with one attached hydrogen (secondary N) is 1. The van der Waals surface area contributed by atoms with Crippen molar-refractivity contribution in [1.29, 1.82) is 0 Å². The summed E-state index contributed by atoms with van der Waals surface area (Å²) in [6.07, 6.45) is 6.57. The molecule has 1 heterocycles. The highest BCUT2D eigenvalue weighted by atomic mass is 16.5. The van der Waals surface area contributed by atoms with Gasteiger partial charge in [-0.05, 0) is 88.2 Å². The Labute approximate surface area is 145 Å². The Morgan fingerprint density at radius 2 is 1.88 bits per heavy atom. The molecular formula is C20H30N2O2. The molecule has 0 bridgehead atoms. The fourth-order valence-electron chi connectivity index (χ4n) is 3.76. The molecule has 1 aromatic carbocycles. The summed E-state index contributed by atoms with van der Waals surface area (Å²) in [5.74, 6) is 2.47. The average molecular weight is 330 g/mol. The van der Waals surface area contributed by atoms with Crippen LogP contribution in [-0.4, -0.2) is 32.1 Å². The van der Waals surface area contributed by atoms with Gasteiger partial charge in [-0.15, -0.1) is 0 Å². The van der Waals surface area contributed by atoms with Crippen LogP contribution in [0.5, 0.6) is 5.75 Å². The van der Waals surface area contributed by atoms with Crippen molar-refractivity contribution in [2.75, 3.05) is 25.1 Å². The highest BCUT2D eigenvalue weighted by Crippen LogP contribution is 2.37. The molecule has 1 N–H and O–H groups in total. The number of carbonyl (C=O) groups is 1. The van der Waals surface area contributed by atoms with Crippen molar-refractivity contribution in [1.82, 2.24) is 5.32 Å². The first-order chi connectivity index (χ1) is 11.7. The van der Waals surface area contributed by atoms with Crippen LogP contribution in [0.2, 0.25) is 0 Å². The third-order valence-corrected chi connectivity index (χ3v) is 5.56. The van der Waals surface area contributed by atoms with Crippen molar-refractivity contribution in [3.8, 4) is 5.75 Å². The fraction of sp³-hybridized carbons (Fsp3) is 0.650. The van der Waals surface area contributed by atoms with Crippen molar-refractivity contribution >= 4 is 11.6 Å². The van der Waals surface area contributed by atoms with Crippen LogP contribution < -0.4 is 15.0 Å². The normalized spacial score (nSPS) is 19.8. The smallest absolute Gasteiger partial charge is 0.227 e. The maximum absolute atomic E-state index is 13.0. The van der Waals surface area contributed by atoms with Crippen LogP contribution >= 0.6 is 0 Å². The zero-order chi connectivity index (χ0) is 16.9. The molecule has 1 amide bonds. The lowest BCUT2D eigenvalue weighted by molar-refractivity contribution is -0.119. The highest BCUT2D eigenvalue weighted by Gasteiger charge is 2.35. The number of hydrogen-bond donors (Lipinski definition) is 1. The van der Waals surface area contributed by atoms with E-state index >= 15 is 0 Å². The molecule has 24 heavy (non-hydrogen) atoms. The third kappa shape index (κ3) is 4.29. The molecule has 3 rings (SSSR count). The lowest BCUT2D eigenvalue weighted by atomic mass is 9.93. The highest BCUT2D eigenvalue weighted by molar-refractivity contribution is 5.94. The van der Waals surface area contributed by atoms with Crippen LogP contribution in [0.25, 0.3) is 0 Å². The van der Waals surface area contributed by atoms with Gasteiger partial charge in [0.15, 0.2) is 0 Å². The SMILES string of the molecule is COc1ccc(N(C(=O)CCC2CCNCC2)C(C)C2CC2)cc1. The number of carbonyl (C=O) groups excluding carboxylic acids is 1. The Kier molecular flexibility index (Phi) is 5.77. The second kappa shape index (κ2) is 8.02. The van der Waals surface area contributed by atoms with Crippen molar-refractivity contribution in [2.24, 2.45) is 11.8 Å². The molecule has 0 spiro atoms. The number of nitrogens with zero attached hydrogens (tertiary/aromatic N) is 1. The molecule has 1 aliphatic carbocycles. The number of piperidine rings is 1. The van der Waals surface area contributed by atoms with Crippen LogP contribution in [0.15, 0.2) is 24.3 Å². The van der Waals surface area contributed by atoms with E-state index in [2.05, 4.69) is 12.2 Å². The number of rotatable bonds is 7. The zero-order valence-electron chi connectivity index (χ0n) is 15.0. The first kappa shape index (κ1) is 17.3. The molecule has 1 unspecified atom stereocenters. The predicted molar refractivity (Wildman–Crippen MR) is 97.5 cm³/mol. The molecule has 1 saturated heterocycles. The molecular weight excluding hydrogens is 300 g/mol. The van der Waals surface area contributed by atoms with E-state index in [4.69, 9.17) is 4.74 Å². The molecule has 0 radical (unpaired) electrons. The Balaban J connectivity index is 1.67.